The van der Waals surface area contributed by atoms with Crippen LogP contribution in [0.1, 0.15) is 47.9 Å². The number of hydrogen-bond donors (Lipinski definition) is 1. The van der Waals surface area contributed by atoms with Gasteiger partial charge in [-0.15, -0.1) is 0 Å². The predicted octanol–water partition coefficient (Wildman–Crippen LogP) is 5.42. The molecule has 3 heteroatoms. The molecule has 0 aromatic heterocycles. The minimum Gasteiger partial charge on any atom is -0.320 e. The lowest BCUT2D eigenvalue weighted by Crippen LogP contribution is -2.13. The van der Waals surface area contributed by atoms with E-state index >= 15 is 0 Å². The second-order valence-corrected chi connectivity index (χ2v) is 6.83. The molecule has 0 amide bonds. The second-order valence-electron chi connectivity index (χ2n) is 5.47. The number of benzene rings is 2. The fraction of sp³-hybridized carbons (Fsp3) is 0.294. The highest BCUT2D eigenvalue weighted by Crippen LogP contribution is 2.36. The third-order valence-electron chi connectivity index (χ3n) is 4.12. The molecule has 0 saturated heterocycles. The molecule has 1 nitrogen and oxygen atoms in total. The average Bonchev–Trinajstić information content (AvgIpc) is 2.35. The number of nitrogens with two attached hydrogens (primary N) is 1. The lowest BCUT2D eigenvalue weighted by atomic mass is 9.79. The van der Waals surface area contributed by atoms with Gasteiger partial charge in [-0.05, 0) is 53.6 Å². The molecular weight excluding hydrogens is 334 g/mol. The summed E-state index contributed by atoms with van der Waals surface area (Å²) >= 11 is 9.55. The van der Waals surface area contributed by atoms with Crippen LogP contribution in [0.2, 0.25) is 5.02 Å². The summed E-state index contributed by atoms with van der Waals surface area (Å²) in [6, 6.07) is 14.4. The maximum absolute atomic E-state index is 6.35. The highest BCUT2D eigenvalue weighted by atomic mass is 79.9. The summed E-state index contributed by atoms with van der Waals surface area (Å²) in [6.45, 7) is 0. The van der Waals surface area contributed by atoms with Crippen LogP contribution >= 0.6 is 27.5 Å². The van der Waals surface area contributed by atoms with Crippen LogP contribution in [0.3, 0.4) is 0 Å². The van der Waals surface area contributed by atoms with Gasteiger partial charge in [0.25, 0.3) is 0 Å². The molecule has 1 unspecified atom stereocenters. The van der Waals surface area contributed by atoms with Gasteiger partial charge in [0.15, 0.2) is 0 Å². The van der Waals surface area contributed by atoms with E-state index in [-0.39, 0.29) is 6.04 Å². The Labute approximate surface area is 133 Å². The van der Waals surface area contributed by atoms with Gasteiger partial charge in [-0.3, -0.25) is 0 Å². The molecule has 0 spiro atoms. The Morgan fingerprint density at radius 1 is 1.05 bits per heavy atom. The Morgan fingerprint density at radius 2 is 1.75 bits per heavy atom. The smallest absolute Gasteiger partial charge is 0.0552 e. The first-order valence-electron chi connectivity index (χ1n) is 6.95. The highest BCUT2D eigenvalue weighted by Gasteiger charge is 2.19. The second kappa shape index (κ2) is 5.88. The molecule has 2 aromatic rings. The summed E-state index contributed by atoms with van der Waals surface area (Å²) in [4.78, 5) is 0. The first-order valence-corrected chi connectivity index (χ1v) is 8.12. The monoisotopic (exact) mass is 349 g/mol. The van der Waals surface area contributed by atoms with Gasteiger partial charge in [-0.25, -0.2) is 0 Å². The van der Waals surface area contributed by atoms with Gasteiger partial charge in [-0.2, -0.15) is 0 Å². The van der Waals surface area contributed by atoms with Crippen LogP contribution in [0.15, 0.2) is 46.9 Å². The SMILES string of the molecule is NC(c1ccc(C2CCC2)cc1)c1cc(Cl)cc(Br)c1. The van der Waals surface area contributed by atoms with Crippen molar-refractivity contribution in [1.29, 1.82) is 0 Å². The molecule has 1 atom stereocenters. The van der Waals surface area contributed by atoms with E-state index in [0.717, 1.165) is 21.5 Å². The molecule has 2 N–H and O–H groups in total. The van der Waals surface area contributed by atoms with E-state index < -0.39 is 0 Å². The molecule has 3 rings (SSSR count). The van der Waals surface area contributed by atoms with Crippen molar-refractivity contribution >= 4 is 27.5 Å². The van der Waals surface area contributed by atoms with Crippen molar-refractivity contribution in [3.05, 3.63) is 68.7 Å². The van der Waals surface area contributed by atoms with Crippen LogP contribution in [0.25, 0.3) is 0 Å². The van der Waals surface area contributed by atoms with E-state index in [4.69, 9.17) is 17.3 Å². The van der Waals surface area contributed by atoms with Crippen LogP contribution in [0, 0.1) is 0 Å². The van der Waals surface area contributed by atoms with Gasteiger partial charge >= 0.3 is 0 Å². The molecular formula is C17H17BrClN. The molecule has 1 aliphatic carbocycles. The Balaban J connectivity index is 1.83. The number of hydrogen-bond acceptors (Lipinski definition) is 1. The van der Waals surface area contributed by atoms with Crippen LogP contribution < -0.4 is 5.73 Å². The Morgan fingerprint density at radius 3 is 2.30 bits per heavy atom. The van der Waals surface area contributed by atoms with Crippen LogP contribution in [-0.4, -0.2) is 0 Å². The molecule has 0 aliphatic heterocycles. The van der Waals surface area contributed by atoms with Crippen molar-refractivity contribution in [2.45, 2.75) is 31.2 Å². The summed E-state index contributed by atoms with van der Waals surface area (Å²) in [6.07, 6.45) is 4.02. The van der Waals surface area contributed by atoms with Crippen LogP contribution in [0.4, 0.5) is 0 Å². The topological polar surface area (TPSA) is 26.0 Å². The molecule has 0 bridgehead atoms. The van der Waals surface area contributed by atoms with Crippen LogP contribution in [-0.2, 0) is 0 Å². The van der Waals surface area contributed by atoms with E-state index in [2.05, 4.69) is 40.2 Å². The molecule has 2 aromatic carbocycles. The summed E-state index contributed by atoms with van der Waals surface area (Å²) in [7, 11) is 0. The molecule has 0 heterocycles. The van der Waals surface area contributed by atoms with Gasteiger partial charge in [0, 0.05) is 9.50 Å². The van der Waals surface area contributed by atoms with E-state index in [9.17, 15) is 0 Å². The third kappa shape index (κ3) is 2.93. The molecule has 1 aliphatic rings. The van der Waals surface area contributed by atoms with Crippen LogP contribution in [0.5, 0.6) is 0 Å². The van der Waals surface area contributed by atoms with Gasteiger partial charge in [0.05, 0.1) is 6.04 Å². The summed E-state index contributed by atoms with van der Waals surface area (Å²) in [5.41, 5.74) is 9.95. The Bertz CT molecular complexity index is 585. The van der Waals surface area contributed by atoms with Crippen molar-refractivity contribution in [3.8, 4) is 0 Å². The van der Waals surface area contributed by atoms with E-state index in [1.54, 1.807) is 0 Å². The Kier molecular flexibility index (Phi) is 4.16. The zero-order valence-corrected chi connectivity index (χ0v) is 13.5. The third-order valence-corrected chi connectivity index (χ3v) is 4.79. The number of rotatable bonds is 3. The van der Waals surface area contributed by atoms with E-state index in [1.165, 1.54) is 24.8 Å². The van der Waals surface area contributed by atoms with Gasteiger partial charge in [-0.1, -0.05) is 58.2 Å². The molecule has 0 radical (unpaired) electrons. The molecule has 1 saturated carbocycles. The van der Waals surface area contributed by atoms with Crippen molar-refractivity contribution in [2.24, 2.45) is 5.73 Å². The number of halogens is 2. The maximum atomic E-state index is 6.35. The van der Waals surface area contributed by atoms with Crippen molar-refractivity contribution in [1.82, 2.24) is 0 Å². The molecule has 104 valence electrons. The summed E-state index contributed by atoms with van der Waals surface area (Å²) in [5, 5.41) is 0.705. The zero-order valence-electron chi connectivity index (χ0n) is 11.2. The predicted molar refractivity (Wildman–Crippen MR) is 88.2 cm³/mol. The first kappa shape index (κ1) is 14.1. The van der Waals surface area contributed by atoms with Crippen molar-refractivity contribution in [2.75, 3.05) is 0 Å². The minimum atomic E-state index is -0.138. The summed E-state index contributed by atoms with van der Waals surface area (Å²) in [5.74, 6) is 0.764. The lowest BCUT2D eigenvalue weighted by molar-refractivity contribution is 0.419. The van der Waals surface area contributed by atoms with Gasteiger partial charge in [0.2, 0.25) is 0 Å². The zero-order chi connectivity index (χ0) is 14.1. The largest absolute Gasteiger partial charge is 0.320 e. The fourth-order valence-corrected chi connectivity index (χ4v) is 3.55. The lowest BCUT2D eigenvalue weighted by Gasteiger charge is -2.26. The normalized spacial score (nSPS) is 16.8. The van der Waals surface area contributed by atoms with Crippen molar-refractivity contribution < 1.29 is 0 Å². The first-order chi connectivity index (χ1) is 9.63. The van der Waals surface area contributed by atoms with Crippen molar-refractivity contribution in [3.63, 3.8) is 0 Å². The van der Waals surface area contributed by atoms with E-state index in [0.29, 0.717) is 5.02 Å². The highest BCUT2D eigenvalue weighted by molar-refractivity contribution is 9.10. The maximum Gasteiger partial charge on any atom is 0.0552 e. The Hall–Kier alpha value is -0.830. The summed E-state index contributed by atoms with van der Waals surface area (Å²) < 4.78 is 0.960. The molecule has 1 fully saturated rings. The van der Waals surface area contributed by atoms with Gasteiger partial charge in [0.1, 0.15) is 0 Å². The fourth-order valence-electron chi connectivity index (χ4n) is 2.66. The quantitative estimate of drug-likeness (QED) is 0.786. The van der Waals surface area contributed by atoms with E-state index in [1.807, 2.05) is 18.2 Å². The van der Waals surface area contributed by atoms with Gasteiger partial charge < -0.3 is 5.73 Å². The molecule has 20 heavy (non-hydrogen) atoms. The average molecular weight is 351 g/mol. The minimum absolute atomic E-state index is 0.138. The standard InChI is InChI=1S/C17H17BrClN/c18-15-8-14(9-16(19)10-15)17(20)13-6-4-12(5-7-13)11-2-1-3-11/h4-11,17H,1-3,20H2.